The predicted octanol–water partition coefficient (Wildman–Crippen LogP) is 2.64. The van der Waals surface area contributed by atoms with Gasteiger partial charge in [-0.15, -0.1) is 0 Å². The van der Waals surface area contributed by atoms with Gasteiger partial charge in [-0.3, -0.25) is 10.1 Å². The van der Waals surface area contributed by atoms with E-state index >= 15 is 0 Å². The molecule has 1 rings (SSSR count). The second kappa shape index (κ2) is 7.41. The highest BCUT2D eigenvalue weighted by Crippen LogP contribution is 2.36. The fourth-order valence-corrected chi connectivity index (χ4v) is 1.99. The van der Waals surface area contributed by atoms with Crippen LogP contribution in [0.25, 0.3) is 0 Å². The molecule has 0 saturated heterocycles. The molecular weight excluding hydrogens is 276 g/mol. The van der Waals surface area contributed by atoms with Gasteiger partial charge in [-0.25, -0.2) is 9.78 Å². The highest BCUT2D eigenvalue weighted by atomic mass is 16.6. The summed E-state index contributed by atoms with van der Waals surface area (Å²) in [7, 11) is 0. The average molecular weight is 296 g/mol. The summed E-state index contributed by atoms with van der Waals surface area (Å²) in [5.74, 6) is -1.14. The number of carboxylic acid groups (broad SMARTS) is 1. The van der Waals surface area contributed by atoms with Crippen molar-refractivity contribution in [2.45, 2.75) is 33.6 Å². The first-order valence-electron chi connectivity index (χ1n) is 6.84. The SMILES string of the molecule is CCCCNc1c(C(=O)O)c(C)nc(NCC)c1[N+](=O)[O-]. The molecule has 21 heavy (non-hydrogen) atoms. The first-order chi connectivity index (χ1) is 9.93. The number of nitrogens with zero attached hydrogens (tertiary/aromatic N) is 2. The molecule has 1 aromatic rings. The number of hydrogen-bond donors (Lipinski definition) is 3. The molecule has 3 N–H and O–H groups in total. The van der Waals surface area contributed by atoms with Gasteiger partial charge in [0.2, 0.25) is 5.82 Å². The minimum Gasteiger partial charge on any atom is -0.478 e. The molecule has 0 spiro atoms. The van der Waals surface area contributed by atoms with Crippen LogP contribution in [-0.4, -0.2) is 34.1 Å². The predicted molar refractivity (Wildman–Crippen MR) is 80.1 cm³/mol. The monoisotopic (exact) mass is 296 g/mol. The summed E-state index contributed by atoms with van der Waals surface area (Å²) >= 11 is 0. The molecule has 116 valence electrons. The zero-order valence-electron chi connectivity index (χ0n) is 12.4. The van der Waals surface area contributed by atoms with E-state index in [1.807, 2.05) is 6.92 Å². The molecule has 0 amide bonds. The minimum atomic E-state index is -1.23. The normalized spacial score (nSPS) is 10.2. The van der Waals surface area contributed by atoms with Crippen molar-refractivity contribution < 1.29 is 14.8 Å². The summed E-state index contributed by atoms with van der Waals surface area (Å²) < 4.78 is 0. The number of aromatic nitrogens is 1. The maximum atomic E-state index is 11.4. The summed E-state index contributed by atoms with van der Waals surface area (Å²) in [6.07, 6.45) is 1.68. The maximum Gasteiger partial charge on any atom is 0.339 e. The second-order valence-electron chi connectivity index (χ2n) is 4.52. The molecule has 8 nitrogen and oxygen atoms in total. The van der Waals surface area contributed by atoms with Gasteiger partial charge in [0.1, 0.15) is 11.3 Å². The van der Waals surface area contributed by atoms with Gasteiger partial charge in [-0.05, 0) is 20.3 Å². The minimum absolute atomic E-state index is 0.0180. The number of carboxylic acids is 1. The lowest BCUT2D eigenvalue weighted by molar-refractivity contribution is -0.383. The molecule has 8 heteroatoms. The number of unbranched alkanes of at least 4 members (excludes halogenated alkanes) is 1. The Balaban J connectivity index is 3.48. The van der Waals surface area contributed by atoms with Crippen molar-refractivity contribution in [3.8, 4) is 0 Å². The summed E-state index contributed by atoms with van der Waals surface area (Å²) in [6, 6.07) is 0. The first-order valence-corrected chi connectivity index (χ1v) is 6.84. The number of nitrogens with one attached hydrogen (secondary N) is 2. The van der Waals surface area contributed by atoms with Crippen LogP contribution in [0.3, 0.4) is 0 Å². The summed E-state index contributed by atoms with van der Waals surface area (Å²) in [5, 5.41) is 26.3. The molecule has 0 atom stereocenters. The van der Waals surface area contributed by atoms with Gasteiger partial charge in [-0.1, -0.05) is 13.3 Å². The molecule has 0 bridgehead atoms. The Morgan fingerprint density at radius 3 is 2.52 bits per heavy atom. The molecule has 0 saturated carbocycles. The van der Waals surface area contributed by atoms with Gasteiger partial charge in [-0.2, -0.15) is 0 Å². The van der Waals surface area contributed by atoms with E-state index in [9.17, 15) is 20.0 Å². The molecule has 0 aromatic carbocycles. The summed E-state index contributed by atoms with van der Waals surface area (Å²) in [5.41, 5.74) is -0.220. The zero-order chi connectivity index (χ0) is 16.0. The molecule has 0 fully saturated rings. The quantitative estimate of drug-likeness (QED) is 0.383. The Bertz CT molecular complexity index is 545. The Morgan fingerprint density at radius 2 is 2.05 bits per heavy atom. The number of anilines is 2. The van der Waals surface area contributed by atoms with Gasteiger partial charge in [0.05, 0.1) is 10.6 Å². The maximum absolute atomic E-state index is 11.4. The van der Waals surface area contributed by atoms with E-state index in [0.717, 1.165) is 12.8 Å². The molecule has 1 aromatic heterocycles. The molecule has 0 aliphatic carbocycles. The topological polar surface area (TPSA) is 117 Å². The van der Waals surface area contributed by atoms with Crippen molar-refractivity contribution in [3.05, 3.63) is 21.4 Å². The Hall–Kier alpha value is -2.38. The van der Waals surface area contributed by atoms with Crippen LogP contribution in [0, 0.1) is 17.0 Å². The van der Waals surface area contributed by atoms with Crippen LogP contribution >= 0.6 is 0 Å². The van der Waals surface area contributed by atoms with E-state index < -0.39 is 10.9 Å². The third kappa shape index (κ3) is 3.80. The van der Waals surface area contributed by atoms with E-state index in [-0.39, 0.29) is 28.5 Å². The van der Waals surface area contributed by atoms with E-state index in [1.54, 1.807) is 6.92 Å². The molecule has 0 aliphatic rings. The van der Waals surface area contributed by atoms with Crippen LogP contribution in [0.15, 0.2) is 0 Å². The number of nitro groups is 1. The Kier molecular flexibility index (Phi) is 5.89. The van der Waals surface area contributed by atoms with E-state index in [0.29, 0.717) is 13.1 Å². The molecule has 1 heterocycles. The lowest BCUT2D eigenvalue weighted by Gasteiger charge is -2.14. The van der Waals surface area contributed by atoms with Crippen LogP contribution in [0.1, 0.15) is 42.7 Å². The van der Waals surface area contributed by atoms with Crippen molar-refractivity contribution in [3.63, 3.8) is 0 Å². The zero-order valence-corrected chi connectivity index (χ0v) is 12.4. The highest BCUT2D eigenvalue weighted by molar-refractivity contribution is 5.99. The van der Waals surface area contributed by atoms with Crippen molar-refractivity contribution in [2.24, 2.45) is 0 Å². The molecular formula is C13H20N4O4. The fourth-order valence-electron chi connectivity index (χ4n) is 1.99. The lowest BCUT2D eigenvalue weighted by Crippen LogP contribution is -2.15. The van der Waals surface area contributed by atoms with Crippen molar-refractivity contribution in [1.82, 2.24) is 4.98 Å². The fraction of sp³-hybridized carbons (Fsp3) is 0.538. The van der Waals surface area contributed by atoms with Crippen LogP contribution in [0.4, 0.5) is 17.2 Å². The number of aryl methyl sites for hydroxylation is 1. The number of hydrogen-bond acceptors (Lipinski definition) is 6. The van der Waals surface area contributed by atoms with Gasteiger partial charge < -0.3 is 15.7 Å². The van der Waals surface area contributed by atoms with Gasteiger partial charge in [0.25, 0.3) is 0 Å². The van der Waals surface area contributed by atoms with Gasteiger partial charge in [0.15, 0.2) is 0 Å². The van der Waals surface area contributed by atoms with E-state index in [2.05, 4.69) is 15.6 Å². The highest BCUT2D eigenvalue weighted by Gasteiger charge is 2.29. The van der Waals surface area contributed by atoms with Gasteiger partial charge in [0, 0.05) is 13.1 Å². The van der Waals surface area contributed by atoms with E-state index in [4.69, 9.17) is 0 Å². The first kappa shape index (κ1) is 16.7. The largest absolute Gasteiger partial charge is 0.478 e. The third-order valence-electron chi connectivity index (χ3n) is 2.93. The number of pyridine rings is 1. The van der Waals surface area contributed by atoms with Crippen molar-refractivity contribution in [1.29, 1.82) is 0 Å². The summed E-state index contributed by atoms with van der Waals surface area (Å²) in [4.78, 5) is 26.1. The third-order valence-corrected chi connectivity index (χ3v) is 2.93. The van der Waals surface area contributed by atoms with Crippen molar-refractivity contribution in [2.75, 3.05) is 23.7 Å². The van der Waals surface area contributed by atoms with Crippen molar-refractivity contribution >= 4 is 23.2 Å². The number of rotatable bonds is 8. The number of carbonyl (C=O) groups is 1. The van der Waals surface area contributed by atoms with E-state index in [1.165, 1.54) is 6.92 Å². The lowest BCUT2D eigenvalue weighted by atomic mass is 10.1. The van der Waals surface area contributed by atoms with Gasteiger partial charge >= 0.3 is 11.7 Å². The Labute approximate surface area is 122 Å². The van der Waals surface area contributed by atoms with Crippen LogP contribution in [-0.2, 0) is 0 Å². The molecule has 0 aliphatic heterocycles. The molecule has 0 radical (unpaired) electrons. The average Bonchev–Trinajstić information content (AvgIpc) is 2.38. The van der Waals surface area contributed by atoms with Crippen LogP contribution in [0.2, 0.25) is 0 Å². The smallest absolute Gasteiger partial charge is 0.339 e. The summed E-state index contributed by atoms with van der Waals surface area (Å²) in [6.45, 7) is 6.21. The Morgan fingerprint density at radius 1 is 1.38 bits per heavy atom. The van der Waals surface area contributed by atoms with Crippen LogP contribution < -0.4 is 10.6 Å². The molecule has 0 unspecified atom stereocenters. The standard InChI is InChI=1S/C13H20N4O4/c1-4-6-7-15-10-9(13(18)19)8(3)16-12(14-5-2)11(10)17(20)21/h4-7H2,1-3H3,(H,18,19)(H2,14,15,16). The number of aromatic carboxylic acids is 1. The second-order valence-corrected chi connectivity index (χ2v) is 4.52. The van der Waals surface area contributed by atoms with Crippen LogP contribution in [0.5, 0.6) is 0 Å².